The number of hydrogen-bond acceptors (Lipinski definition) is 3. The molecule has 200 valence electrons. The Morgan fingerprint density at radius 3 is 2.24 bits per heavy atom. The van der Waals surface area contributed by atoms with E-state index in [2.05, 4.69) is 134 Å². The first kappa shape index (κ1) is 23.4. The fraction of sp³-hybridized carbons (Fsp3) is 0.0769. The Morgan fingerprint density at radius 1 is 0.595 bits per heavy atom. The van der Waals surface area contributed by atoms with Gasteiger partial charge in [0.15, 0.2) is 11.5 Å². The molecule has 3 heteroatoms. The number of nitrogens with zero attached hydrogens (tertiary/aromatic N) is 1. The highest BCUT2D eigenvalue weighted by atomic mass is 16.5. The van der Waals surface area contributed by atoms with Crippen molar-refractivity contribution in [3.05, 3.63) is 139 Å². The van der Waals surface area contributed by atoms with Gasteiger partial charge >= 0.3 is 0 Å². The molecule has 7 aromatic rings. The predicted octanol–water partition coefficient (Wildman–Crippen LogP) is 11.1. The molecule has 0 N–H and O–H groups in total. The van der Waals surface area contributed by atoms with Crippen LogP contribution < -0.4 is 9.64 Å². The minimum absolute atomic E-state index is 0.109. The lowest BCUT2D eigenvalue weighted by molar-refractivity contribution is 0.477. The molecule has 3 nitrogen and oxygen atoms in total. The molecule has 6 aromatic carbocycles. The number of ether oxygens (including phenoxy) is 1. The second-order valence-corrected chi connectivity index (χ2v) is 11.7. The summed E-state index contributed by atoms with van der Waals surface area (Å²) in [6, 6.07) is 44.9. The highest BCUT2D eigenvalue weighted by Gasteiger charge is 2.40. The zero-order valence-corrected chi connectivity index (χ0v) is 23.4. The summed E-state index contributed by atoms with van der Waals surface area (Å²) >= 11 is 0. The summed E-state index contributed by atoms with van der Waals surface area (Å²) < 4.78 is 13.1. The first-order chi connectivity index (χ1) is 20.6. The van der Waals surface area contributed by atoms with Crippen molar-refractivity contribution in [2.45, 2.75) is 19.3 Å². The van der Waals surface area contributed by atoms with E-state index in [1.807, 2.05) is 12.1 Å². The molecule has 42 heavy (non-hydrogen) atoms. The van der Waals surface area contributed by atoms with Gasteiger partial charge in [0.1, 0.15) is 11.2 Å². The minimum atomic E-state index is -0.109. The van der Waals surface area contributed by atoms with E-state index in [9.17, 15) is 0 Å². The average Bonchev–Trinajstić information content (AvgIpc) is 3.52. The van der Waals surface area contributed by atoms with Gasteiger partial charge in [0.2, 0.25) is 0 Å². The normalized spacial score (nSPS) is 14.3. The molecule has 0 saturated heterocycles. The van der Waals surface area contributed by atoms with Crippen molar-refractivity contribution in [2.24, 2.45) is 0 Å². The van der Waals surface area contributed by atoms with E-state index in [0.29, 0.717) is 0 Å². The highest BCUT2D eigenvalue weighted by molar-refractivity contribution is 6.10. The molecule has 0 saturated carbocycles. The molecule has 0 amide bonds. The number of furan rings is 1. The lowest BCUT2D eigenvalue weighted by atomic mass is 9.82. The lowest BCUT2D eigenvalue weighted by Gasteiger charge is -2.35. The zero-order chi connectivity index (χ0) is 28.0. The van der Waals surface area contributed by atoms with Gasteiger partial charge in [-0.25, -0.2) is 0 Å². The number of rotatable bonds is 2. The van der Waals surface area contributed by atoms with Crippen LogP contribution in [-0.2, 0) is 5.41 Å². The Kier molecular flexibility index (Phi) is 4.67. The van der Waals surface area contributed by atoms with Gasteiger partial charge in [0.05, 0.1) is 11.4 Å². The van der Waals surface area contributed by atoms with Crippen LogP contribution in [0, 0.1) is 0 Å². The third-order valence-electron chi connectivity index (χ3n) is 9.06. The number of benzene rings is 6. The highest BCUT2D eigenvalue weighted by Crippen LogP contribution is 2.60. The maximum atomic E-state index is 6.70. The van der Waals surface area contributed by atoms with Crippen LogP contribution in [0.15, 0.2) is 132 Å². The maximum Gasteiger partial charge on any atom is 0.152 e. The van der Waals surface area contributed by atoms with Crippen molar-refractivity contribution in [2.75, 3.05) is 4.90 Å². The third-order valence-corrected chi connectivity index (χ3v) is 9.06. The molecule has 0 atom stereocenters. The van der Waals surface area contributed by atoms with Gasteiger partial charge in [-0.3, -0.25) is 0 Å². The van der Waals surface area contributed by atoms with Crippen LogP contribution in [0.5, 0.6) is 11.5 Å². The molecular weight excluding hydrogens is 514 g/mol. The van der Waals surface area contributed by atoms with E-state index in [-0.39, 0.29) is 5.41 Å². The van der Waals surface area contributed by atoms with Crippen molar-refractivity contribution < 1.29 is 9.15 Å². The Bertz CT molecular complexity index is 2210. The van der Waals surface area contributed by atoms with Gasteiger partial charge < -0.3 is 14.1 Å². The topological polar surface area (TPSA) is 25.6 Å². The van der Waals surface area contributed by atoms with E-state index in [0.717, 1.165) is 61.6 Å². The Hall–Kier alpha value is -5.28. The van der Waals surface area contributed by atoms with Crippen LogP contribution in [0.3, 0.4) is 0 Å². The number of para-hydroxylation sites is 3. The summed E-state index contributed by atoms with van der Waals surface area (Å²) in [5.41, 5.74) is 12.2. The summed E-state index contributed by atoms with van der Waals surface area (Å²) in [5.74, 6) is 1.70. The van der Waals surface area contributed by atoms with Gasteiger partial charge in [-0.1, -0.05) is 105 Å². The molecule has 0 bridgehead atoms. The smallest absolute Gasteiger partial charge is 0.152 e. The second-order valence-electron chi connectivity index (χ2n) is 11.7. The van der Waals surface area contributed by atoms with Gasteiger partial charge in [0, 0.05) is 33.0 Å². The summed E-state index contributed by atoms with van der Waals surface area (Å²) in [7, 11) is 0. The summed E-state index contributed by atoms with van der Waals surface area (Å²) in [5, 5.41) is 2.26. The largest absolute Gasteiger partial charge is 0.455 e. The first-order valence-electron chi connectivity index (χ1n) is 14.4. The van der Waals surface area contributed by atoms with Crippen LogP contribution in [0.2, 0.25) is 0 Å². The van der Waals surface area contributed by atoms with E-state index in [4.69, 9.17) is 9.15 Å². The standard InChI is InChI=1S/C39H27NO2/c1-39(2)30-17-8-6-14-29(30)36-31(39)20-22-35-37(36)40(25-11-4-3-5-12-25)32-23-24(19-21-34(32)41-35)26-15-10-16-28-27-13-7-9-18-33(27)42-38(26)28/h3-23H,1-2H3. The van der Waals surface area contributed by atoms with Crippen molar-refractivity contribution in [3.8, 4) is 33.8 Å². The van der Waals surface area contributed by atoms with Gasteiger partial charge in [-0.2, -0.15) is 0 Å². The van der Waals surface area contributed by atoms with E-state index in [1.54, 1.807) is 0 Å². The van der Waals surface area contributed by atoms with Gasteiger partial charge in [-0.15, -0.1) is 0 Å². The SMILES string of the molecule is CC1(C)c2ccccc2-c2c1ccc1c2N(c2ccccc2)c2cc(-c3cccc4c3oc3ccccc34)ccc2O1. The predicted molar refractivity (Wildman–Crippen MR) is 171 cm³/mol. The molecule has 0 radical (unpaired) electrons. The molecular formula is C39H27NO2. The van der Waals surface area contributed by atoms with E-state index < -0.39 is 0 Å². The maximum absolute atomic E-state index is 6.70. The van der Waals surface area contributed by atoms with Crippen LogP contribution in [-0.4, -0.2) is 0 Å². The third kappa shape index (κ3) is 3.11. The van der Waals surface area contributed by atoms with E-state index >= 15 is 0 Å². The molecule has 0 fully saturated rings. The fourth-order valence-electron chi connectivity index (χ4n) is 7.07. The van der Waals surface area contributed by atoms with Crippen molar-refractivity contribution >= 4 is 39.0 Å². The molecule has 2 aliphatic rings. The zero-order valence-electron chi connectivity index (χ0n) is 23.4. The van der Waals surface area contributed by atoms with Crippen molar-refractivity contribution in [1.82, 2.24) is 0 Å². The van der Waals surface area contributed by atoms with Gasteiger partial charge in [-0.05, 0) is 58.7 Å². The van der Waals surface area contributed by atoms with Crippen LogP contribution in [0.4, 0.5) is 17.1 Å². The van der Waals surface area contributed by atoms with Crippen molar-refractivity contribution in [3.63, 3.8) is 0 Å². The molecule has 1 aliphatic heterocycles. The molecule has 0 unspecified atom stereocenters. The molecule has 1 aliphatic carbocycles. The van der Waals surface area contributed by atoms with Crippen LogP contribution >= 0.6 is 0 Å². The fourth-order valence-corrected chi connectivity index (χ4v) is 7.07. The Labute approximate surface area is 244 Å². The number of hydrogen-bond donors (Lipinski definition) is 0. The number of fused-ring (bicyclic) bond motifs is 9. The number of anilines is 3. The Balaban J connectivity index is 1.31. The Morgan fingerprint density at radius 2 is 1.33 bits per heavy atom. The van der Waals surface area contributed by atoms with E-state index in [1.165, 1.54) is 22.3 Å². The molecule has 0 spiro atoms. The summed E-state index contributed by atoms with van der Waals surface area (Å²) in [6.07, 6.45) is 0. The molecule has 1 aromatic heterocycles. The quantitative estimate of drug-likeness (QED) is 0.218. The monoisotopic (exact) mass is 541 g/mol. The average molecular weight is 542 g/mol. The van der Waals surface area contributed by atoms with Gasteiger partial charge in [0.25, 0.3) is 0 Å². The summed E-state index contributed by atoms with van der Waals surface area (Å²) in [6.45, 7) is 4.64. The van der Waals surface area contributed by atoms with Crippen LogP contribution in [0.1, 0.15) is 25.0 Å². The molecule has 9 rings (SSSR count). The second kappa shape index (κ2) is 8.37. The minimum Gasteiger partial charge on any atom is -0.455 e. The summed E-state index contributed by atoms with van der Waals surface area (Å²) in [4.78, 5) is 2.38. The lowest BCUT2D eigenvalue weighted by Crippen LogP contribution is -2.19. The molecule has 2 heterocycles. The van der Waals surface area contributed by atoms with Crippen LogP contribution in [0.25, 0.3) is 44.2 Å². The van der Waals surface area contributed by atoms with Crippen molar-refractivity contribution in [1.29, 1.82) is 0 Å². The first-order valence-corrected chi connectivity index (χ1v) is 14.4.